The molecule has 0 atom stereocenters. The van der Waals surface area contributed by atoms with Crippen LogP contribution >= 0.6 is 0 Å². The minimum absolute atomic E-state index is 0.0212. The Hall–Kier alpha value is -1.13. The van der Waals surface area contributed by atoms with Crippen LogP contribution < -0.4 is 4.74 Å². The predicted molar refractivity (Wildman–Crippen MR) is 71.0 cm³/mol. The molecule has 1 aliphatic rings. The van der Waals surface area contributed by atoms with Gasteiger partial charge < -0.3 is 14.6 Å². The van der Waals surface area contributed by atoms with Gasteiger partial charge in [-0.05, 0) is 17.7 Å². The molecule has 4 heteroatoms. The summed E-state index contributed by atoms with van der Waals surface area (Å²) < 4.78 is 24.9. The summed E-state index contributed by atoms with van der Waals surface area (Å²) in [6.45, 7) is 5.07. The van der Waals surface area contributed by atoms with Crippen molar-refractivity contribution in [3.63, 3.8) is 0 Å². The van der Waals surface area contributed by atoms with Gasteiger partial charge in [0.25, 0.3) is 0 Å². The van der Waals surface area contributed by atoms with Gasteiger partial charge in [-0.1, -0.05) is 19.9 Å². The Kier molecular flexibility index (Phi) is 4.42. The predicted octanol–water partition coefficient (Wildman–Crippen LogP) is 2.65. The number of hydrogen-bond donors (Lipinski definition) is 1. The maximum Gasteiger partial charge on any atom is 0.165 e. The molecule has 1 fully saturated rings. The summed E-state index contributed by atoms with van der Waals surface area (Å²) in [4.78, 5) is 0. The molecule has 19 heavy (non-hydrogen) atoms. The quantitative estimate of drug-likeness (QED) is 0.912. The Bertz CT molecular complexity index is 425. The molecule has 1 aliphatic heterocycles. The molecular weight excluding hydrogens is 247 g/mol. The van der Waals surface area contributed by atoms with E-state index in [1.807, 2.05) is 19.9 Å². The Morgan fingerprint density at radius 3 is 2.63 bits per heavy atom. The zero-order valence-electron chi connectivity index (χ0n) is 11.5. The molecule has 106 valence electrons. The first-order chi connectivity index (χ1) is 9.03. The summed E-state index contributed by atoms with van der Waals surface area (Å²) in [6, 6.07) is 4.91. The Labute approximate surface area is 113 Å². The van der Waals surface area contributed by atoms with Crippen LogP contribution in [0.3, 0.4) is 0 Å². The summed E-state index contributed by atoms with van der Waals surface area (Å²) >= 11 is 0. The maximum atomic E-state index is 14.0. The van der Waals surface area contributed by atoms with Crippen molar-refractivity contribution in [2.45, 2.75) is 38.2 Å². The lowest BCUT2D eigenvalue weighted by Crippen LogP contribution is -2.26. The van der Waals surface area contributed by atoms with E-state index in [9.17, 15) is 9.50 Å². The van der Waals surface area contributed by atoms with E-state index in [1.54, 1.807) is 6.07 Å². The van der Waals surface area contributed by atoms with Crippen LogP contribution in [0.25, 0.3) is 0 Å². The summed E-state index contributed by atoms with van der Waals surface area (Å²) in [6.07, 6.45) is 1.62. The topological polar surface area (TPSA) is 38.7 Å². The zero-order valence-corrected chi connectivity index (χ0v) is 11.5. The summed E-state index contributed by atoms with van der Waals surface area (Å²) in [5.41, 5.74) is 0.324. The fourth-order valence-electron chi connectivity index (χ4n) is 2.08. The fourth-order valence-corrected chi connectivity index (χ4v) is 2.08. The Morgan fingerprint density at radius 2 is 2.05 bits per heavy atom. The van der Waals surface area contributed by atoms with Crippen molar-refractivity contribution in [2.24, 2.45) is 0 Å². The standard InChI is InChI=1S/C15H21FO3/c1-15(2,10-17)11-3-4-14(13(16)9-11)19-12-5-7-18-8-6-12/h3-4,9,12,17H,5-8,10H2,1-2H3. The summed E-state index contributed by atoms with van der Waals surface area (Å²) in [5.74, 6) is -0.0880. The highest BCUT2D eigenvalue weighted by atomic mass is 19.1. The van der Waals surface area contributed by atoms with Crippen LogP contribution in [-0.4, -0.2) is 31.0 Å². The monoisotopic (exact) mass is 268 g/mol. The highest BCUT2D eigenvalue weighted by molar-refractivity contribution is 5.33. The second-order valence-electron chi connectivity index (χ2n) is 5.62. The molecular formula is C15H21FO3. The molecule has 1 heterocycles. The van der Waals surface area contributed by atoms with Crippen LogP contribution in [-0.2, 0) is 10.2 Å². The van der Waals surface area contributed by atoms with E-state index in [4.69, 9.17) is 9.47 Å². The largest absolute Gasteiger partial charge is 0.487 e. The SMILES string of the molecule is CC(C)(CO)c1ccc(OC2CCOCC2)c(F)c1. The smallest absolute Gasteiger partial charge is 0.165 e. The van der Waals surface area contributed by atoms with E-state index >= 15 is 0 Å². The van der Waals surface area contributed by atoms with E-state index in [-0.39, 0.29) is 24.3 Å². The third-order valence-corrected chi connectivity index (χ3v) is 3.57. The highest BCUT2D eigenvalue weighted by Gasteiger charge is 2.22. The van der Waals surface area contributed by atoms with Gasteiger partial charge in [-0.15, -0.1) is 0 Å². The van der Waals surface area contributed by atoms with E-state index in [1.165, 1.54) is 6.07 Å². The van der Waals surface area contributed by atoms with E-state index in [0.29, 0.717) is 13.2 Å². The molecule has 0 saturated carbocycles. The van der Waals surface area contributed by atoms with Gasteiger partial charge in [-0.3, -0.25) is 0 Å². The lowest BCUT2D eigenvalue weighted by atomic mass is 9.85. The first-order valence-corrected chi connectivity index (χ1v) is 6.68. The van der Waals surface area contributed by atoms with Gasteiger partial charge in [-0.2, -0.15) is 0 Å². The molecule has 3 nitrogen and oxygen atoms in total. The van der Waals surface area contributed by atoms with Crippen molar-refractivity contribution in [3.05, 3.63) is 29.6 Å². The van der Waals surface area contributed by atoms with E-state index in [0.717, 1.165) is 18.4 Å². The van der Waals surface area contributed by atoms with Gasteiger partial charge in [0, 0.05) is 18.3 Å². The number of ether oxygens (including phenoxy) is 2. The number of hydrogen-bond acceptors (Lipinski definition) is 3. The van der Waals surface area contributed by atoms with Crippen LogP contribution in [0.5, 0.6) is 5.75 Å². The van der Waals surface area contributed by atoms with Crippen molar-refractivity contribution in [1.29, 1.82) is 0 Å². The van der Waals surface area contributed by atoms with Gasteiger partial charge >= 0.3 is 0 Å². The molecule has 2 rings (SSSR count). The number of aliphatic hydroxyl groups excluding tert-OH is 1. The highest BCUT2D eigenvalue weighted by Crippen LogP contribution is 2.28. The normalized spacial score (nSPS) is 17.5. The fraction of sp³-hybridized carbons (Fsp3) is 0.600. The molecule has 0 spiro atoms. The van der Waals surface area contributed by atoms with Crippen molar-refractivity contribution in [3.8, 4) is 5.75 Å². The van der Waals surface area contributed by atoms with Crippen molar-refractivity contribution in [1.82, 2.24) is 0 Å². The third-order valence-electron chi connectivity index (χ3n) is 3.57. The number of halogens is 1. The molecule has 0 amide bonds. The number of aliphatic hydroxyl groups is 1. The van der Waals surface area contributed by atoms with Crippen molar-refractivity contribution in [2.75, 3.05) is 19.8 Å². The van der Waals surface area contributed by atoms with Gasteiger partial charge in [-0.25, -0.2) is 4.39 Å². The number of rotatable bonds is 4. The molecule has 0 unspecified atom stereocenters. The second kappa shape index (κ2) is 5.88. The van der Waals surface area contributed by atoms with Crippen LogP contribution in [0.2, 0.25) is 0 Å². The second-order valence-corrected chi connectivity index (χ2v) is 5.62. The molecule has 1 aromatic rings. The third kappa shape index (κ3) is 3.45. The summed E-state index contributed by atoms with van der Waals surface area (Å²) in [5, 5.41) is 9.30. The van der Waals surface area contributed by atoms with Crippen LogP contribution in [0.1, 0.15) is 32.3 Å². The zero-order chi connectivity index (χ0) is 13.9. The van der Waals surface area contributed by atoms with Gasteiger partial charge in [0.1, 0.15) is 6.10 Å². The number of benzene rings is 1. The first kappa shape index (κ1) is 14.3. The average Bonchev–Trinajstić information content (AvgIpc) is 2.42. The van der Waals surface area contributed by atoms with Crippen LogP contribution in [0, 0.1) is 5.82 Å². The van der Waals surface area contributed by atoms with E-state index in [2.05, 4.69) is 0 Å². The minimum Gasteiger partial charge on any atom is -0.487 e. The molecule has 1 N–H and O–H groups in total. The van der Waals surface area contributed by atoms with E-state index < -0.39 is 5.41 Å². The van der Waals surface area contributed by atoms with Gasteiger partial charge in [0.05, 0.1) is 19.8 Å². The van der Waals surface area contributed by atoms with Crippen LogP contribution in [0.15, 0.2) is 18.2 Å². The molecule has 0 aromatic heterocycles. The van der Waals surface area contributed by atoms with Crippen LogP contribution in [0.4, 0.5) is 4.39 Å². The Balaban J connectivity index is 2.10. The molecule has 0 radical (unpaired) electrons. The maximum absolute atomic E-state index is 14.0. The van der Waals surface area contributed by atoms with Crippen molar-refractivity contribution >= 4 is 0 Å². The molecule has 1 aromatic carbocycles. The molecule has 0 bridgehead atoms. The van der Waals surface area contributed by atoms with Gasteiger partial charge in [0.2, 0.25) is 0 Å². The lowest BCUT2D eigenvalue weighted by molar-refractivity contribution is 0.0240. The minimum atomic E-state index is -0.446. The Morgan fingerprint density at radius 1 is 1.37 bits per heavy atom. The van der Waals surface area contributed by atoms with Crippen molar-refractivity contribution < 1.29 is 19.0 Å². The molecule has 1 saturated heterocycles. The lowest BCUT2D eigenvalue weighted by Gasteiger charge is -2.25. The molecule has 0 aliphatic carbocycles. The summed E-state index contributed by atoms with van der Waals surface area (Å²) in [7, 11) is 0. The first-order valence-electron chi connectivity index (χ1n) is 6.68. The average molecular weight is 268 g/mol. The van der Waals surface area contributed by atoms with Gasteiger partial charge in [0.15, 0.2) is 11.6 Å².